The van der Waals surface area contributed by atoms with Gasteiger partial charge in [-0.1, -0.05) is 12.1 Å². The van der Waals surface area contributed by atoms with Gasteiger partial charge in [-0.15, -0.1) is 0 Å². The lowest BCUT2D eigenvalue weighted by atomic mass is 10.2. The summed E-state index contributed by atoms with van der Waals surface area (Å²) in [6, 6.07) is 9.62. The molecule has 14 heavy (non-hydrogen) atoms. The topological polar surface area (TPSA) is 45.0 Å². The Morgan fingerprint density at radius 1 is 1.57 bits per heavy atom. The first-order valence-electron chi connectivity index (χ1n) is 4.52. The quantitative estimate of drug-likeness (QED) is 0.782. The Morgan fingerprint density at radius 3 is 2.93 bits per heavy atom. The minimum Gasteiger partial charge on any atom is -0.491 e. The highest BCUT2D eigenvalue weighted by Gasteiger charge is 2.03. The number of rotatable bonds is 4. The van der Waals surface area contributed by atoms with Gasteiger partial charge in [0.15, 0.2) is 0 Å². The Kier molecular flexibility index (Phi) is 3.96. The van der Waals surface area contributed by atoms with Gasteiger partial charge in [-0.05, 0) is 31.7 Å². The second-order valence-electron chi connectivity index (χ2n) is 3.10. The van der Waals surface area contributed by atoms with Crippen molar-refractivity contribution in [1.82, 2.24) is 5.32 Å². The summed E-state index contributed by atoms with van der Waals surface area (Å²) in [6.07, 6.45) is 0. The summed E-state index contributed by atoms with van der Waals surface area (Å²) >= 11 is 0. The molecule has 0 aliphatic rings. The van der Waals surface area contributed by atoms with Crippen molar-refractivity contribution in [2.45, 2.75) is 13.0 Å². The van der Waals surface area contributed by atoms with Crippen LogP contribution < -0.4 is 10.1 Å². The summed E-state index contributed by atoms with van der Waals surface area (Å²) in [4.78, 5) is 0. The van der Waals surface area contributed by atoms with E-state index in [2.05, 4.69) is 11.4 Å². The van der Waals surface area contributed by atoms with Crippen molar-refractivity contribution in [3.05, 3.63) is 29.8 Å². The molecule has 0 bridgehead atoms. The fourth-order valence-corrected chi connectivity index (χ4v) is 1.07. The zero-order valence-corrected chi connectivity index (χ0v) is 8.45. The molecule has 0 aliphatic carbocycles. The summed E-state index contributed by atoms with van der Waals surface area (Å²) in [5.41, 5.74) is 1.15. The van der Waals surface area contributed by atoms with E-state index in [1.54, 1.807) is 7.05 Å². The average Bonchev–Trinajstić information content (AvgIpc) is 2.19. The summed E-state index contributed by atoms with van der Waals surface area (Å²) < 4.78 is 5.45. The van der Waals surface area contributed by atoms with E-state index in [-0.39, 0.29) is 6.04 Å². The number of hydrogen-bond donors (Lipinski definition) is 1. The molecule has 0 saturated carbocycles. The Labute approximate surface area is 84.3 Å². The molecule has 1 aromatic carbocycles. The molecule has 0 aliphatic heterocycles. The van der Waals surface area contributed by atoms with E-state index in [0.29, 0.717) is 6.61 Å². The van der Waals surface area contributed by atoms with Gasteiger partial charge in [0, 0.05) is 0 Å². The molecule has 3 heteroatoms. The number of aryl methyl sites for hydroxylation is 1. The van der Waals surface area contributed by atoms with Crippen molar-refractivity contribution >= 4 is 0 Å². The molecule has 0 aromatic heterocycles. The first-order valence-corrected chi connectivity index (χ1v) is 4.52. The van der Waals surface area contributed by atoms with Crippen LogP contribution >= 0.6 is 0 Å². The van der Waals surface area contributed by atoms with Gasteiger partial charge in [-0.2, -0.15) is 5.26 Å². The van der Waals surface area contributed by atoms with Crippen LogP contribution in [0.15, 0.2) is 24.3 Å². The molecule has 1 unspecified atom stereocenters. The van der Waals surface area contributed by atoms with Crippen molar-refractivity contribution in [1.29, 1.82) is 5.26 Å². The maximum Gasteiger partial charge on any atom is 0.129 e. The smallest absolute Gasteiger partial charge is 0.129 e. The molecule has 0 saturated heterocycles. The maximum atomic E-state index is 8.67. The van der Waals surface area contributed by atoms with Gasteiger partial charge >= 0.3 is 0 Å². The predicted octanol–water partition coefficient (Wildman–Crippen LogP) is 1.49. The van der Waals surface area contributed by atoms with Crippen molar-refractivity contribution in [2.24, 2.45) is 0 Å². The lowest BCUT2D eigenvalue weighted by Crippen LogP contribution is -2.29. The summed E-state index contributed by atoms with van der Waals surface area (Å²) in [6.45, 7) is 2.38. The molecule has 0 amide bonds. The van der Waals surface area contributed by atoms with Crippen molar-refractivity contribution < 1.29 is 4.74 Å². The van der Waals surface area contributed by atoms with Crippen molar-refractivity contribution in [3.63, 3.8) is 0 Å². The molecule has 3 nitrogen and oxygen atoms in total. The second-order valence-corrected chi connectivity index (χ2v) is 3.10. The zero-order valence-electron chi connectivity index (χ0n) is 8.45. The first kappa shape index (κ1) is 10.6. The highest BCUT2D eigenvalue weighted by Crippen LogP contribution is 2.12. The largest absolute Gasteiger partial charge is 0.491 e. The Morgan fingerprint density at radius 2 is 2.36 bits per heavy atom. The van der Waals surface area contributed by atoms with Gasteiger partial charge in [0.1, 0.15) is 18.4 Å². The van der Waals surface area contributed by atoms with Gasteiger partial charge < -0.3 is 10.1 Å². The van der Waals surface area contributed by atoms with Crippen molar-refractivity contribution in [2.75, 3.05) is 13.7 Å². The molecule has 74 valence electrons. The van der Waals surface area contributed by atoms with Gasteiger partial charge in [0.25, 0.3) is 0 Å². The number of nitrogens with one attached hydrogen (secondary N) is 1. The number of nitrogens with zero attached hydrogens (tertiary/aromatic N) is 1. The van der Waals surface area contributed by atoms with Crippen LogP contribution in [0.3, 0.4) is 0 Å². The van der Waals surface area contributed by atoms with E-state index in [1.807, 2.05) is 31.2 Å². The zero-order chi connectivity index (χ0) is 10.4. The van der Waals surface area contributed by atoms with Crippen LogP contribution in [0.4, 0.5) is 0 Å². The fourth-order valence-electron chi connectivity index (χ4n) is 1.07. The number of likely N-dealkylation sites (N-methyl/N-ethyl adjacent to an activating group) is 1. The summed E-state index contributed by atoms with van der Waals surface area (Å²) in [5.74, 6) is 0.806. The lowest BCUT2D eigenvalue weighted by molar-refractivity contribution is 0.295. The average molecular weight is 190 g/mol. The predicted molar refractivity (Wildman–Crippen MR) is 55.1 cm³/mol. The van der Waals surface area contributed by atoms with E-state index in [9.17, 15) is 0 Å². The van der Waals surface area contributed by atoms with Crippen LogP contribution in [-0.2, 0) is 0 Å². The number of nitriles is 1. The minimum absolute atomic E-state index is 0.254. The Bertz CT molecular complexity index is 330. The normalized spacial score (nSPS) is 11.8. The molecule has 1 atom stereocenters. The molecular formula is C11H14N2O. The fraction of sp³-hybridized carbons (Fsp3) is 0.364. The van der Waals surface area contributed by atoms with E-state index in [1.165, 1.54) is 0 Å². The Hall–Kier alpha value is -1.53. The molecule has 0 radical (unpaired) electrons. The van der Waals surface area contributed by atoms with E-state index in [4.69, 9.17) is 10.00 Å². The second kappa shape index (κ2) is 5.25. The van der Waals surface area contributed by atoms with Crippen molar-refractivity contribution in [3.8, 4) is 11.8 Å². The third-order valence-electron chi connectivity index (χ3n) is 1.91. The summed E-state index contributed by atoms with van der Waals surface area (Å²) in [5, 5.41) is 11.5. The molecular weight excluding hydrogens is 176 g/mol. The molecule has 0 spiro atoms. The van der Waals surface area contributed by atoms with E-state index >= 15 is 0 Å². The van der Waals surface area contributed by atoms with Gasteiger partial charge in [-0.3, -0.25) is 0 Å². The standard InChI is InChI=1S/C11H14N2O/c1-9-4-3-5-11(6-9)14-8-10(7-12)13-2/h3-6,10,13H,8H2,1-2H3. The molecule has 1 N–H and O–H groups in total. The van der Waals surface area contributed by atoms with Crippen LogP contribution in [0.25, 0.3) is 0 Å². The molecule has 1 aromatic rings. The third kappa shape index (κ3) is 3.08. The van der Waals surface area contributed by atoms with Crippen LogP contribution in [-0.4, -0.2) is 19.7 Å². The molecule has 0 fully saturated rings. The van der Waals surface area contributed by atoms with Crippen LogP contribution in [0.1, 0.15) is 5.56 Å². The third-order valence-corrected chi connectivity index (χ3v) is 1.91. The lowest BCUT2D eigenvalue weighted by Gasteiger charge is -2.10. The van der Waals surface area contributed by atoms with E-state index < -0.39 is 0 Å². The highest BCUT2D eigenvalue weighted by atomic mass is 16.5. The number of benzene rings is 1. The van der Waals surface area contributed by atoms with Crippen LogP contribution in [0.2, 0.25) is 0 Å². The highest BCUT2D eigenvalue weighted by molar-refractivity contribution is 5.27. The van der Waals surface area contributed by atoms with Gasteiger partial charge in [0.05, 0.1) is 6.07 Å². The van der Waals surface area contributed by atoms with E-state index in [0.717, 1.165) is 11.3 Å². The first-order chi connectivity index (χ1) is 6.76. The van der Waals surface area contributed by atoms with Crippen LogP contribution in [0, 0.1) is 18.3 Å². The SMILES string of the molecule is CNC(C#N)COc1cccc(C)c1. The summed E-state index contributed by atoms with van der Waals surface area (Å²) in [7, 11) is 1.74. The number of ether oxygens (including phenoxy) is 1. The maximum absolute atomic E-state index is 8.67. The Balaban J connectivity index is 2.50. The number of hydrogen-bond acceptors (Lipinski definition) is 3. The monoisotopic (exact) mass is 190 g/mol. The molecule has 0 heterocycles. The minimum atomic E-state index is -0.254. The van der Waals surface area contributed by atoms with Gasteiger partial charge in [-0.25, -0.2) is 0 Å². The van der Waals surface area contributed by atoms with Gasteiger partial charge in [0.2, 0.25) is 0 Å². The van der Waals surface area contributed by atoms with Crippen LogP contribution in [0.5, 0.6) is 5.75 Å². The molecule has 1 rings (SSSR count).